The Morgan fingerprint density at radius 3 is 2.74 bits per heavy atom. The van der Waals surface area contributed by atoms with Gasteiger partial charge in [0, 0.05) is 37.0 Å². The second kappa shape index (κ2) is 6.83. The topological polar surface area (TPSA) is 50.7 Å². The fraction of sp³-hybridized carbons (Fsp3) is 0.400. The van der Waals surface area contributed by atoms with E-state index in [1.165, 1.54) is 0 Å². The maximum absolute atomic E-state index is 4.61. The van der Waals surface area contributed by atoms with Crippen LogP contribution in [0.15, 0.2) is 30.6 Å². The van der Waals surface area contributed by atoms with Crippen molar-refractivity contribution in [1.82, 2.24) is 15.0 Å². The third-order valence-electron chi connectivity index (χ3n) is 2.76. The van der Waals surface area contributed by atoms with E-state index in [1.807, 2.05) is 24.4 Å². The molecule has 0 radical (unpaired) electrons. The number of aromatic nitrogens is 3. The lowest BCUT2D eigenvalue weighted by atomic mass is 10.2. The molecule has 0 spiro atoms. The first-order chi connectivity index (χ1) is 9.33. The molecule has 0 aliphatic rings. The van der Waals surface area contributed by atoms with Gasteiger partial charge in [-0.25, -0.2) is 9.97 Å². The van der Waals surface area contributed by atoms with Crippen LogP contribution in [-0.4, -0.2) is 21.5 Å². The Hall–Kier alpha value is -1.97. The molecular formula is C15H20N4. The van der Waals surface area contributed by atoms with Crippen LogP contribution in [0.1, 0.15) is 32.5 Å². The van der Waals surface area contributed by atoms with E-state index in [0.29, 0.717) is 0 Å². The van der Waals surface area contributed by atoms with E-state index in [9.17, 15) is 0 Å². The summed E-state index contributed by atoms with van der Waals surface area (Å²) in [6, 6.07) is 5.94. The van der Waals surface area contributed by atoms with Gasteiger partial charge in [0.2, 0.25) is 0 Å². The van der Waals surface area contributed by atoms with E-state index in [4.69, 9.17) is 0 Å². The zero-order chi connectivity index (χ0) is 13.5. The summed E-state index contributed by atoms with van der Waals surface area (Å²) in [5, 5.41) is 3.33. The molecule has 0 bridgehead atoms. The molecule has 0 amide bonds. The van der Waals surface area contributed by atoms with Crippen LogP contribution in [0.3, 0.4) is 0 Å². The second-order valence-electron chi connectivity index (χ2n) is 4.47. The Bertz CT molecular complexity index is 511. The van der Waals surface area contributed by atoms with E-state index >= 15 is 0 Å². The van der Waals surface area contributed by atoms with Crippen molar-refractivity contribution in [1.29, 1.82) is 0 Å². The monoisotopic (exact) mass is 256 g/mol. The number of anilines is 1. The molecule has 0 aliphatic heterocycles. The van der Waals surface area contributed by atoms with Crippen molar-refractivity contribution in [3.8, 4) is 11.3 Å². The molecule has 2 aromatic heterocycles. The van der Waals surface area contributed by atoms with Crippen molar-refractivity contribution < 1.29 is 0 Å². The van der Waals surface area contributed by atoms with Gasteiger partial charge < -0.3 is 5.32 Å². The third kappa shape index (κ3) is 3.74. The van der Waals surface area contributed by atoms with Crippen molar-refractivity contribution in [2.75, 3.05) is 11.9 Å². The zero-order valence-electron chi connectivity index (χ0n) is 11.6. The lowest BCUT2D eigenvalue weighted by Gasteiger charge is -2.09. The molecular weight excluding hydrogens is 236 g/mol. The van der Waals surface area contributed by atoms with Crippen LogP contribution in [-0.2, 0) is 6.42 Å². The fourth-order valence-corrected chi connectivity index (χ4v) is 1.84. The summed E-state index contributed by atoms with van der Waals surface area (Å²) < 4.78 is 0. The highest BCUT2D eigenvalue weighted by atomic mass is 15.0. The summed E-state index contributed by atoms with van der Waals surface area (Å²) in [5.41, 5.74) is 1.96. The largest absolute Gasteiger partial charge is 0.370 e. The highest BCUT2D eigenvalue weighted by Gasteiger charge is 2.06. The van der Waals surface area contributed by atoms with Gasteiger partial charge in [0.25, 0.3) is 0 Å². The molecule has 0 aromatic carbocycles. The first-order valence-corrected chi connectivity index (χ1v) is 6.85. The Kier molecular flexibility index (Phi) is 4.84. The molecule has 19 heavy (non-hydrogen) atoms. The van der Waals surface area contributed by atoms with Gasteiger partial charge in [-0.15, -0.1) is 0 Å². The van der Waals surface area contributed by atoms with Crippen LogP contribution < -0.4 is 5.32 Å². The standard InChI is InChI=1S/C15H20N4/c1-3-6-14-18-13(12-7-5-9-16-11-12)10-15(19-14)17-8-4-2/h5,7,9-11H,3-4,6,8H2,1-2H3,(H,17,18,19). The fourth-order valence-electron chi connectivity index (χ4n) is 1.84. The molecule has 0 fully saturated rings. The van der Waals surface area contributed by atoms with E-state index in [2.05, 4.69) is 34.1 Å². The van der Waals surface area contributed by atoms with E-state index in [1.54, 1.807) is 6.20 Å². The maximum atomic E-state index is 4.61. The van der Waals surface area contributed by atoms with Gasteiger partial charge in [-0.2, -0.15) is 0 Å². The van der Waals surface area contributed by atoms with Crippen molar-refractivity contribution in [2.45, 2.75) is 33.1 Å². The molecule has 0 aliphatic carbocycles. The highest BCUT2D eigenvalue weighted by molar-refractivity contribution is 5.61. The smallest absolute Gasteiger partial charge is 0.131 e. The number of hydrogen-bond acceptors (Lipinski definition) is 4. The minimum atomic E-state index is 0.891. The first kappa shape index (κ1) is 13.5. The SMILES string of the molecule is CCCNc1cc(-c2cccnc2)nc(CCC)n1. The molecule has 2 rings (SSSR count). The van der Waals surface area contributed by atoms with Crippen LogP contribution in [0.5, 0.6) is 0 Å². The average Bonchev–Trinajstić information content (AvgIpc) is 2.46. The number of nitrogens with zero attached hydrogens (tertiary/aromatic N) is 3. The lowest BCUT2D eigenvalue weighted by molar-refractivity contribution is 0.834. The van der Waals surface area contributed by atoms with E-state index < -0.39 is 0 Å². The Morgan fingerprint density at radius 1 is 1.16 bits per heavy atom. The molecule has 4 nitrogen and oxygen atoms in total. The van der Waals surface area contributed by atoms with E-state index in [-0.39, 0.29) is 0 Å². The minimum Gasteiger partial charge on any atom is -0.370 e. The predicted octanol–water partition coefficient (Wildman–Crippen LogP) is 3.31. The predicted molar refractivity (Wildman–Crippen MR) is 78.0 cm³/mol. The van der Waals surface area contributed by atoms with Crippen LogP contribution in [0.4, 0.5) is 5.82 Å². The van der Waals surface area contributed by atoms with Crippen LogP contribution >= 0.6 is 0 Å². The van der Waals surface area contributed by atoms with Gasteiger partial charge in [-0.3, -0.25) is 4.98 Å². The van der Waals surface area contributed by atoms with Gasteiger partial charge in [0.05, 0.1) is 5.69 Å². The van der Waals surface area contributed by atoms with Gasteiger partial charge in [0.15, 0.2) is 0 Å². The third-order valence-corrected chi connectivity index (χ3v) is 2.76. The van der Waals surface area contributed by atoms with Gasteiger partial charge >= 0.3 is 0 Å². The summed E-state index contributed by atoms with van der Waals surface area (Å²) in [4.78, 5) is 13.3. The zero-order valence-corrected chi connectivity index (χ0v) is 11.6. The Labute approximate surface area is 114 Å². The van der Waals surface area contributed by atoms with Gasteiger partial charge in [-0.05, 0) is 25.0 Å². The van der Waals surface area contributed by atoms with Gasteiger partial charge in [-0.1, -0.05) is 13.8 Å². The molecule has 100 valence electrons. The molecule has 1 N–H and O–H groups in total. The first-order valence-electron chi connectivity index (χ1n) is 6.85. The Morgan fingerprint density at radius 2 is 2.05 bits per heavy atom. The maximum Gasteiger partial charge on any atom is 0.131 e. The number of hydrogen-bond donors (Lipinski definition) is 1. The summed E-state index contributed by atoms with van der Waals surface area (Å²) in [7, 11) is 0. The molecule has 4 heteroatoms. The molecule has 0 saturated carbocycles. The van der Waals surface area contributed by atoms with E-state index in [0.717, 1.165) is 48.7 Å². The van der Waals surface area contributed by atoms with Crippen molar-refractivity contribution in [3.63, 3.8) is 0 Å². The average molecular weight is 256 g/mol. The summed E-state index contributed by atoms with van der Waals surface area (Å²) in [6.07, 6.45) is 6.63. The summed E-state index contributed by atoms with van der Waals surface area (Å²) >= 11 is 0. The van der Waals surface area contributed by atoms with Gasteiger partial charge in [0.1, 0.15) is 11.6 Å². The molecule has 2 heterocycles. The summed E-state index contributed by atoms with van der Waals surface area (Å²) in [6.45, 7) is 5.21. The second-order valence-corrected chi connectivity index (χ2v) is 4.47. The molecule has 0 saturated heterocycles. The van der Waals surface area contributed by atoms with Crippen LogP contribution in [0.25, 0.3) is 11.3 Å². The molecule has 0 unspecified atom stereocenters. The highest BCUT2D eigenvalue weighted by Crippen LogP contribution is 2.19. The van der Waals surface area contributed by atoms with Crippen molar-refractivity contribution in [2.24, 2.45) is 0 Å². The van der Waals surface area contributed by atoms with Crippen LogP contribution in [0.2, 0.25) is 0 Å². The number of nitrogens with one attached hydrogen (secondary N) is 1. The normalized spacial score (nSPS) is 10.4. The van der Waals surface area contributed by atoms with Crippen molar-refractivity contribution in [3.05, 3.63) is 36.4 Å². The Balaban J connectivity index is 2.33. The lowest BCUT2D eigenvalue weighted by Crippen LogP contribution is -2.06. The molecule has 2 aromatic rings. The minimum absolute atomic E-state index is 0.891. The number of aryl methyl sites for hydroxylation is 1. The molecule has 0 atom stereocenters. The quantitative estimate of drug-likeness (QED) is 0.861. The van der Waals surface area contributed by atoms with Crippen LogP contribution in [0, 0.1) is 0 Å². The number of pyridine rings is 1. The van der Waals surface area contributed by atoms with Crippen molar-refractivity contribution >= 4 is 5.82 Å². The number of rotatable bonds is 6. The summed E-state index contributed by atoms with van der Waals surface area (Å²) in [5.74, 6) is 1.79.